The van der Waals surface area contributed by atoms with Crippen molar-refractivity contribution in [3.8, 4) is 0 Å². The molecule has 2 heteroatoms. The number of carbonyl (C=O) groups excluding carboxylic acids is 1. The molecular weight excluding hydrogens is 272 g/mol. The van der Waals surface area contributed by atoms with Crippen LogP contribution in [-0.2, 0) is 4.79 Å². The first-order chi connectivity index (χ1) is 9.75. The van der Waals surface area contributed by atoms with Crippen molar-refractivity contribution in [1.29, 1.82) is 0 Å². The second kappa shape index (κ2) is 5.72. The van der Waals surface area contributed by atoms with E-state index < -0.39 is 5.41 Å². The maximum absolute atomic E-state index is 12.2. The minimum atomic E-state index is -0.666. The Bertz CT molecular complexity index is 535. The predicted octanol–water partition coefficient (Wildman–Crippen LogP) is 5.62. The molecule has 0 aromatic rings. The van der Waals surface area contributed by atoms with Crippen molar-refractivity contribution in [2.24, 2.45) is 22.2 Å². The van der Waals surface area contributed by atoms with Gasteiger partial charge in [0.05, 0.1) is 11.2 Å². The van der Waals surface area contributed by atoms with Gasteiger partial charge in [-0.2, -0.15) is 0 Å². The molecular formula is C20H32O2. The number of hydrogen-bond acceptors (Lipinski definition) is 2. The molecule has 2 atom stereocenters. The highest BCUT2D eigenvalue weighted by atomic mass is 16.3. The van der Waals surface area contributed by atoms with Crippen LogP contribution in [0.1, 0.15) is 61.8 Å². The van der Waals surface area contributed by atoms with Crippen LogP contribution in [0, 0.1) is 22.2 Å². The van der Waals surface area contributed by atoms with E-state index in [2.05, 4.69) is 48.1 Å². The highest BCUT2D eigenvalue weighted by Crippen LogP contribution is 2.48. The molecule has 1 rings (SSSR count). The van der Waals surface area contributed by atoms with E-state index in [1.54, 1.807) is 13.0 Å². The van der Waals surface area contributed by atoms with Crippen molar-refractivity contribution in [3.05, 3.63) is 35.6 Å². The Balaban J connectivity index is 3.57. The molecule has 124 valence electrons. The monoisotopic (exact) mass is 304 g/mol. The lowest BCUT2D eigenvalue weighted by molar-refractivity contribution is -0.122. The van der Waals surface area contributed by atoms with E-state index >= 15 is 0 Å². The van der Waals surface area contributed by atoms with Crippen molar-refractivity contribution >= 4 is 5.78 Å². The molecule has 0 saturated heterocycles. The van der Waals surface area contributed by atoms with Crippen LogP contribution in [0.3, 0.4) is 0 Å². The molecule has 0 bridgehead atoms. The summed E-state index contributed by atoms with van der Waals surface area (Å²) in [7, 11) is 0. The lowest BCUT2D eigenvalue weighted by Gasteiger charge is -2.41. The molecule has 0 radical (unpaired) electrons. The van der Waals surface area contributed by atoms with Crippen LogP contribution in [0.5, 0.6) is 0 Å². The largest absolute Gasteiger partial charge is 0.512 e. The first-order valence-electron chi connectivity index (χ1n) is 8.04. The van der Waals surface area contributed by atoms with E-state index in [9.17, 15) is 9.90 Å². The van der Waals surface area contributed by atoms with Gasteiger partial charge < -0.3 is 5.11 Å². The quantitative estimate of drug-likeness (QED) is 0.687. The molecule has 2 unspecified atom stereocenters. The molecule has 0 amide bonds. The minimum Gasteiger partial charge on any atom is -0.512 e. The van der Waals surface area contributed by atoms with Crippen LogP contribution in [-0.4, -0.2) is 10.9 Å². The molecule has 0 aliphatic heterocycles. The number of hydrogen-bond donors (Lipinski definition) is 1. The van der Waals surface area contributed by atoms with Gasteiger partial charge >= 0.3 is 0 Å². The Morgan fingerprint density at radius 2 is 1.73 bits per heavy atom. The van der Waals surface area contributed by atoms with Crippen LogP contribution in [0.4, 0.5) is 0 Å². The summed E-state index contributed by atoms with van der Waals surface area (Å²) in [6.07, 6.45) is 4.46. The number of allylic oxidation sites excluding steroid dienone is 5. The molecule has 0 aromatic carbocycles. The van der Waals surface area contributed by atoms with Gasteiger partial charge in [0, 0.05) is 5.92 Å². The van der Waals surface area contributed by atoms with E-state index in [-0.39, 0.29) is 22.5 Å². The Morgan fingerprint density at radius 3 is 2.05 bits per heavy atom. The molecule has 2 nitrogen and oxygen atoms in total. The maximum atomic E-state index is 12.2. The molecule has 0 heterocycles. The summed E-state index contributed by atoms with van der Waals surface area (Å²) < 4.78 is 0. The van der Waals surface area contributed by atoms with Gasteiger partial charge in [0.25, 0.3) is 0 Å². The summed E-state index contributed by atoms with van der Waals surface area (Å²) in [4.78, 5) is 12.2. The van der Waals surface area contributed by atoms with Crippen molar-refractivity contribution in [3.63, 3.8) is 0 Å². The summed E-state index contributed by atoms with van der Waals surface area (Å²) in [5.41, 5.74) is 1.08. The molecule has 0 saturated carbocycles. The molecule has 0 spiro atoms. The number of aliphatic hydroxyl groups excluding tert-OH is 1. The number of rotatable bonds is 3. The van der Waals surface area contributed by atoms with Gasteiger partial charge in [-0.3, -0.25) is 4.79 Å². The number of aliphatic hydroxyl groups is 1. The van der Waals surface area contributed by atoms with Crippen molar-refractivity contribution < 1.29 is 9.90 Å². The van der Waals surface area contributed by atoms with E-state index in [4.69, 9.17) is 0 Å². The Hall–Kier alpha value is -1.31. The smallest absolute Gasteiger partial charge is 0.143 e. The topological polar surface area (TPSA) is 37.3 Å². The van der Waals surface area contributed by atoms with E-state index in [0.29, 0.717) is 12.2 Å². The van der Waals surface area contributed by atoms with Gasteiger partial charge in [-0.1, -0.05) is 59.3 Å². The van der Waals surface area contributed by atoms with E-state index in [1.807, 2.05) is 13.0 Å². The van der Waals surface area contributed by atoms with E-state index in [0.717, 1.165) is 11.1 Å². The number of ketones is 1. The van der Waals surface area contributed by atoms with Crippen LogP contribution in [0.25, 0.3) is 0 Å². The fourth-order valence-corrected chi connectivity index (χ4v) is 2.99. The summed E-state index contributed by atoms with van der Waals surface area (Å²) >= 11 is 0. The molecule has 22 heavy (non-hydrogen) atoms. The fourth-order valence-electron chi connectivity index (χ4n) is 2.99. The SMILES string of the molecule is C=CC(C)(C(C)=O)C1=CC(C(C)(C)C)=C(O)C(C(C)(C)C)C1. The van der Waals surface area contributed by atoms with E-state index in [1.165, 1.54) is 0 Å². The normalized spacial score (nSPS) is 22.9. The highest BCUT2D eigenvalue weighted by Gasteiger charge is 2.41. The third kappa shape index (κ3) is 3.37. The summed E-state index contributed by atoms with van der Waals surface area (Å²) in [5.74, 6) is 0.579. The molecule has 1 N–H and O–H groups in total. The zero-order valence-electron chi connectivity index (χ0n) is 15.5. The van der Waals surface area contributed by atoms with Gasteiger partial charge in [0.1, 0.15) is 5.78 Å². The Morgan fingerprint density at radius 1 is 1.23 bits per heavy atom. The first-order valence-corrected chi connectivity index (χ1v) is 8.04. The summed E-state index contributed by atoms with van der Waals surface area (Å²) in [6, 6.07) is 0. The zero-order valence-corrected chi connectivity index (χ0v) is 15.5. The van der Waals surface area contributed by atoms with Gasteiger partial charge in [-0.15, -0.1) is 6.58 Å². The molecule has 1 aliphatic rings. The molecule has 1 aliphatic carbocycles. The van der Waals surface area contributed by atoms with Crippen LogP contribution in [0.2, 0.25) is 0 Å². The summed E-state index contributed by atoms with van der Waals surface area (Å²) in [5, 5.41) is 10.8. The second-order valence-corrected chi connectivity index (χ2v) is 8.80. The van der Waals surface area contributed by atoms with Crippen molar-refractivity contribution in [1.82, 2.24) is 0 Å². The molecule has 0 aromatic heterocycles. The van der Waals surface area contributed by atoms with Crippen LogP contribution >= 0.6 is 0 Å². The van der Waals surface area contributed by atoms with Crippen molar-refractivity contribution in [2.45, 2.75) is 61.8 Å². The third-order valence-corrected chi connectivity index (χ3v) is 5.01. The van der Waals surface area contributed by atoms with Gasteiger partial charge in [-0.25, -0.2) is 0 Å². The van der Waals surface area contributed by atoms with Crippen molar-refractivity contribution in [2.75, 3.05) is 0 Å². The lowest BCUT2D eigenvalue weighted by Crippen LogP contribution is -2.34. The second-order valence-electron chi connectivity index (χ2n) is 8.80. The van der Waals surface area contributed by atoms with Crippen LogP contribution < -0.4 is 0 Å². The first kappa shape index (κ1) is 18.7. The Kier molecular flexibility index (Phi) is 4.87. The lowest BCUT2D eigenvalue weighted by atomic mass is 9.64. The summed E-state index contributed by atoms with van der Waals surface area (Å²) in [6.45, 7) is 20.1. The van der Waals surface area contributed by atoms with Gasteiger partial charge in [-0.05, 0) is 36.7 Å². The predicted molar refractivity (Wildman–Crippen MR) is 93.7 cm³/mol. The average molecular weight is 304 g/mol. The Labute approximate surface area is 136 Å². The average Bonchev–Trinajstić information content (AvgIpc) is 2.34. The van der Waals surface area contributed by atoms with Gasteiger partial charge in [0.15, 0.2) is 0 Å². The fraction of sp³-hybridized carbons (Fsp3) is 0.650. The number of Topliss-reactive ketones (excluding diaryl/α,β-unsaturated/α-hetero) is 1. The van der Waals surface area contributed by atoms with Crippen LogP contribution in [0.15, 0.2) is 35.6 Å². The number of carbonyl (C=O) groups is 1. The third-order valence-electron chi connectivity index (χ3n) is 5.01. The molecule has 0 fully saturated rings. The highest BCUT2D eigenvalue weighted by molar-refractivity contribution is 5.87. The van der Waals surface area contributed by atoms with Gasteiger partial charge in [0.2, 0.25) is 0 Å². The zero-order chi connectivity index (χ0) is 17.5. The minimum absolute atomic E-state index is 0.0142. The standard InChI is InChI=1S/C20H32O2/c1-10-20(9,13(2)21)14-11-15(18(3,4)5)17(22)16(12-14)19(6,7)8/h10-11,16,22H,1,12H2,2-9H3. The maximum Gasteiger partial charge on any atom is 0.143 e.